The molecule has 0 aliphatic heterocycles. The Hall–Kier alpha value is -3.64. The first kappa shape index (κ1) is 21.1. The Morgan fingerprint density at radius 2 is 1.67 bits per heavy atom. The number of anilines is 1. The van der Waals surface area contributed by atoms with Crippen molar-refractivity contribution in [2.45, 2.75) is 12.5 Å². The summed E-state index contributed by atoms with van der Waals surface area (Å²) in [5.41, 5.74) is -2.16. The van der Waals surface area contributed by atoms with Gasteiger partial charge in [-0.15, -0.1) is 13.2 Å². The maximum Gasteiger partial charge on any atom is 0.573 e. The quantitative estimate of drug-likeness (QED) is 0.587. The number of rotatable bonds is 4. The third-order valence-electron chi connectivity index (χ3n) is 3.84. The third kappa shape index (κ3) is 4.50. The average molecular weight is 431 g/mol. The summed E-state index contributed by atoms with van der Waals surface area (Å²) < 4.78 is 82.1. The molecule has 0 saturated heterocycles. The Morgan fingerprint density at radius 1 is 1.00 bits per heavy atom. The lowest BCUT2D eigenvalue weighted by atomic mass is 10.2. The molecule has 158 valence electrons. The minimum absolute atomic E-state index is 0.199. The predicted octanol–water partition coefficient (Wildman–Crippen LogP) is 3.86. The van der Waals surface area contributed by atoms with E-state index in [1.165, 1.54) is 25.5 Å². The molecule has 0 N–H and O–H groups in total. The van der Waals surface area contributed by atoms with Crippen LogP contribution in [0.2, 0.25) is 0 Å². The Labute approximate surface area is 164 Å². The number of carbonyl (C=O) groups excluding carboxylic acids is 1. The molecular formula is C17H11F6N5O2. The molecule has 3 rings (SSSR count). The molecule has 0 aliphatic carbocycles. The summed E-state index contributed by atoms with van der Waals surface area (Å²) in [7, 11) is 1.25. The number of carbonyl (C=O) groups is 1. The second-order valence-corrected chi connectivity index (χ2v) is 5.82. The van der Waals surface area contributed by atoms with Crippen molar-refractivity contribution >= 4 is 11.6 Å². The van der Waals surface area contributed by atoms with Gasteiger partial charge in [0.15, 0.2) is 5.69 Å². The van der Waals surface area contributed by atoms with E-state index in [0.717, 1.165) is 35.4 Å². The molecule has 0 atom stereocenters. The van der Waals surface area contributed by atoms with Gasteiger partial charge in [0.2, 0.25) is 0 Å². The lowest BCUT2D eigenvalue weighted by molar-refractivity contribution is -0.274. The topological polar surface area (TPSA) is 73.1 Å². The number of ether oxygens (including phenoxy) is 1. The van der Waals surface area contributed by atoms with Crippen molar-refractivity contribution in [3.8, 4) is 11.4 Å². The van der Waals surface area contributed by atoms with Crippen LogP contribution >= 0.6 is 0 Å². The van der Waals surface area contributed by atoms with Crippen LogP contribution in [-0.2, 0) is 6.18 Å². The molecule has 1 aromatic carbocycles. The van der Waals surface area contributed by atoms with Gasteiger partial charge in [-0.2, -0.15) is 28.5 Å². The maximum absolute atomic E-state index is 13.7. The number of hydrogen-bond donors (Lipinski definition) is 0. The molecule has 2 aromatic heterocycles. The number of benzene rings is 1. The Balaban J connectivity index is 2.00. The van der Waals surface area contributed by atoms with E-state index in [1.807, 2.05) is 0 Å². The zero-order chi connectivity index (χ0) is 22.1. The van der Waals surface area contributed by atoms with Gasteiger partial charge in [-0.25, -0.2) is 4.68 Å². The number of alkyl halides is 6. The van der Waals surface area contributed by atoms with Crippen molar-refractivity contribution in [1.82, 2.24) is 20.0 Å². The first-order valence-electron chi connectivity index (χ1n) is 8.03. The molecule has 0 unspecified atom stereocenters. The van der Waals surface area contributed by atoms with Gasteiger partial charge in [-0.3, -0.25) is 4.79 Å². The molecule has 3 aromatic rings. The van der Waals surface area contributed by atoms with Crippen LogP contribution in [0, 0.1) is 0 Å². The van der Waals surface area contributed by atoms with E-state index >= 15 is 0 Å². The molecular weight excluding hydrogens is 420 g/mol. The number of nitrogens with zero attached hydrogens (tertiary/aromatic N) is 5. The Morgan fingerprint density at radius 3 is 2.20 bits per heavy atom. The lowest BCUT2D eigenvalue weighted by Gasteiger charge is -2.18. The predicted molar refractivity (Wildman–Crippen MR) is 90.0 cm³/mol. The SMILES string of the molecule is CN(C(=O)c1cnn(-c2ccc(OC(F)(F)F)cc2)c1C(F)(F)F)c1ccnnc1. The molecule has 0 aliphatic rings. The van der Waals surface area contributed by atoms with Crippen LogP contribution in [0.1, 0.15) is 16.1 Å². The first-order chi connectivity index (χ1) is 14.0. The minimum atomic E-state index is -4.99. The van der Waals surface area contributed by atoms with E-state index in [1.54, 1.807) is 0 Å². The van der Waals surface area contributed by atoms with Crippen LogP contribution in [0.4, 0.5) is 32.0 Å². The second-order valence-electron chi connectivity index (χ2n) is 5.82. The third-order valence-corrected chi connectivity index (χ3v) is 3.84. The van der Waals surface area contributed by atoms with Gasteiger partial charge in [-0.05, 0) is 30.3 Å². The highest BCUT2D eigenvalue weighted by molar-refractivity contribution is 6.06. The smallest absolute Gasteiger partial charge is 0.406 e. The van der Waals surface area contributed by atoms with Crippen LogP contribution in [0.3, 0.4) is 0 Å². The van der Waals surface area contributed by atoms with E-state index in [-0.39, 0.29) is 11.4 Å². The van der Waals surface area contributed by atoms with E-state index in [9.17, 15) is 31.1 Å². The van der Waals surface area contributed by atoms with Crippen LogP contribution in [0.15, 0.2) is 48.9 Å². The molecule has 0 spiro atoms. The fraction of sp³-hybridized carbons (Fsp3) is 0.176. The summed E-state index contributed by atoms with van der Waals surface area (Å²) in [6.45, 7) is 0. The van der Waals surface area contributed by atoms with E-state index < -0.39 is 35.5 Å². The van der Waals surface area contributed by atoms with Crippen molar-refractivity contribution in [2.75, 3.05) is 11.9 Å². The standard InChI is InChI=1S/C17H11F6N5O2/c1-27(11-6-7-24-25-8-11)15(29)13-9-26-28(14(13)16(18,19)20)10-2-4-12(5-3-10)30-17(21,22)23/h2-9H,1H3. The minimum Gasteiger partial charge on any atom is -0.406 e. The van der Waals surface area contributed by atoms with Gasteiger partial charge >= 0.3 is 12.5 Å². The zero-order valence-electron chi connectivity index (χ0n) is 14.9. The van der Waals surface area contributed by atoms with Gasteiger partial charge in [0.25, 0.3) is 5.91 Å². The van der Waals surface area contributed by atoms with E-state index in [2.05, 4.69) is 20.0 Å². The molecule has 2 heterocycles. The van der Waals surface area contributed by atoms with Gasteiger partial charge in [-0.1, -0.05) is 0 Å². The summed E-state index contributed by atoms with van der Waals surface area (Å²) in [6, 6.07) is 4.95. The average Bonchev–Trinajstić information content (AvgIpc) is 3.12. The highest BCUT2D eigenvalue weighted by Crippen LogP contribution is 2.35. The first-order valence-corrected chi connectivity index (χ1v) is 8.03. The fourth-order valence-electron chi connectivity index (χ4n) is 2.54. The zero-order valence-corrected chi connectivity index (χ0v) is 14.9. The van der Waals surface area contributed by atoms with Gasteiger partial charge in [0.1, 0.15) is 5.75 Å². The Kier molecular flexibility index (Phi) is 5.37. The van der Waals surface area contributed by atoms with E-state index in [4.69, 9.17) is 0 Å². The van der Waals surface area contributed by atoms with Crippen LogP contribution < -0.4 is 9.64 Å². The second kappa shape index (κ2) is 7.65. The van der Waals surface area contributed by atoms with Crippen molar-refractivity contribution in [2.24, 2.45) is 0 Å². The van der Waals surface area contributed by atoms with Crippen LogP contribution in [0.25, 0.3) is 5.69 Å². The monoisotopic (exact) mass is 431 g/mol. The number of hydrogen-bond acceptors (Lipinski definition) is 5. The molecule has 0 radical (unpaired) electrons. The summed E-state index contributed by atoms with van der Waals surface area (Å²) in [5.74, 6) is -1.63. The molecule has 0 fully saturated rings. The lowest BCUT2D eigenvalue weighted by Crippen LogP contribution is -2.29. The van der Waals surface area contributed by atoms with Crippen molar-refractivity contribution in [1.29, 1.82) is 0 Å². The summed E-state index contributed by atoms with van der Waals surface area (Å²) in [4.78, 5) is 13.6. The summed E-state index contributed by atoms with van der Waals surface area (Å²) >= 11 is 0. The highest BCUT2D eigenvalue weighted by atomic mass is 19.4. The van der Waals surface area contributed by atoms with Gasteiger partial charge in [0, 0.05) is 7.05 Å². The van der Waals surface area contributed by atoms with Crippen LogP contribution in [-0.4, -0.2) is 39.3 Å². The molecule has 30 heavy (non-hydrogen) atoms. The maximum atomic E-state index is 13.7. The number of amides is 1. The van der Waals surface area contributed by atoms with Gasteiger partial charge < -0.3 is 9.64 Å². The molecule has 0 saturated carbocycles. The van der Waals surface area contributed by atoms with E-state index in [0.29, 0.717) is 4.68 Å². The largest absolute Gasteiger partial charge is 0.573 e. The number of halogens is 6. The van der Waals surface area contributed by atoms with Crippen molar-refractivity contribution in [3.05, 3.63) is 60.2 Å². The summed E-state index contributed by atoms with van der Waals surface area (Å²) in [5, 5.41) is 10.7. The molecule has 7 nitrogen and oxygen atoms in total. The fourth-order valence-corrected chi connectivity index (χ4v) is 2.54. The highest BCUT2D eigenvalue weighted by Gasteiger charge is 2.41. The number of aromatic nitrogens is 4. The van der Waals surface area contributed by atoms with Crippen molar-refractivity contribution < 1.29 is 35.9 Å². The molecule has 13 heteroatoms. The molecule has 1 amide bonds. The van der Waals surface area contributed by atoms with Crippen molar-refractivity contribution in [3.63, 3.8) is 0 Å². The molecule has 0 bridgehead atoms. The summed E-state index contributed by atoms with van der Waals surface area (Å²) in [6.07, 6.45) is -6.75. The normalized spacial score (nSPS) is 12.0. The Bertz CT molecular complexity index is 1030. The van der Waals surface area contributed by atoms with Crippen LogP contribution in [0.5, 0.6) is 5.75 Å². The van der Waals surface area contributed by atoms with Gasteiger partial charge in [0.05, 0.1) is 35.5 Å².